The van der Waals surface area contributed by atoms with Gasteiger partial charge in [-0.2, -0.15) is 0 Å². The topological polar surface area (TPSA) is 81.4 Å². The van der Waals surface area contributed by atoms with Crippen LogP contribution < -0.4 is 10.6 Å². The molecule has 2 aliphatic carbocycles. The van der Waals surface area contributed by atoms with Crippen LogP contribution in [0.25, 0.3) is 33.6 Å². The minimum Gasteiger partial charge on any atom is -0.340 e. The number of nitrogens with one attached hydrogen (secondary N) is 4. The Labute approximate surface area is 241 Å². The largest absolute Gasteiger partial charge is 0.340 e. The first-order valence-corrected chi connectivity index (χ1v) is 15.3. The van der Waals surface area contributed by atoms with E-state index in [1.54, 1.807) is 5.56 Å². The normalized spacial score (nSPS) is 22.9. The summed E-state index contributed by atoms with van der Waals surface area (Å²) in [7, 11) is 0. The zero-order valence-electron chi connectivity index (χ0n) is 24.0. The molecule has 0 unspecified atom stereocenters. The minimum absolute atomic E-state index is 0.174. The molecule has 2 atom stereocenters. The van der Waals surface area contributed by atoms with Crippen LogP contribution in [0.2, 0.25) is 0 Å². The fourth-order valence-corrected chi connectivity index (χ4v) is 7.85. The van der Waals surface area contributed by atoms with Crippen molar-refractivity contribution in [2.24, 2.45) is 0 Å². The van der Waals surface area contributed by atoms with Crippen LogP contribution in [0.4, 0.5) is 0 Å². The maximum Gasteiger partial charge on any atom is 0.127 e. The molecule has 4 heterocycles. The fraction of sp³-hybridized carbons (Fsp3) is 0.371. The summed E-state index contributed by atoms with van der Waals surface area (Å²) in [5.41, 5.74) is 13.6. The van der Waals surface area contributed by atoms with E-state index >= 15 is 0 Å². The van der Waals surface area contributed by atoms with Crippen molar-refractivity contribution in [2.75, 3.05) is 13.1 Å². The molecule has 1 saturated carbocycles. The zero-order valence-corrected chi connectivity index (χ0v) is 24.0. The quantitative estimate of drug-likeness (QED) is 0.203. The van der Waals surface area contributed by atoms with Gasteiger partial charge in [0.25, 0.3) is 0 Å². The molecule has 41 heavy (non-hydrogen) atoms. The molecular weight excluding hydrogens is 504 g/mol. The summed E-state index contributed by atoms with van der Waals surface area (Å²) in [4.78, 5) is 16.7. The minimum atomic E-state index is 0.174. The van der Waals surface area contributed by atoms with Gasteiger partial charge in [-0.1, -0.05) is 72.5 Å². The van der Waals surface area contributed by atoms with E-state index < -0.39 is 0 Å². The average Bonchev–Trinajstić information content (AvgIpc) is 3.83. The van der Waals surface area contributed by atoms with Crippen LogP contribution in [-0.4, -0.2) is 33.0 Å². The molecule has 4 N–H and O–H groups in total. The van der Waals surface area contributed by atoms with Gasteiger partial charge in [0, 0.05) is 18.7 Å². The van der Waals surface area contributed by atoms with Crippen LogP contribution in [0.15, 0.2) is 72.1 Å². The van der Waals surface area contributed by atoms with Crippen molar-refractivity contribution in [3.05, 3.63) is 94.9 Å². The number of fused-ring (bicyclic) bond motifs is 2. The van der Waals surface area contributed by atoms with Gasteiger partial charge in [-0.25, -0.2) is 9.97 Å². The molecule has 2 aliphatic heterocycles. The van der Waals surface area contributed by atoms with Crippen LogP contribution in [0, 0.1) is 0 Å². The highest BCUT2D eigenvalue weighted by Crippen LogP contribution is 2.55. The van der Waals surface area contributed by atoms with E-state index in [0.717, 1.165) is 42.5 Å². The highest BCUT2D eigenvalue weighted by atomic mass is 15.0. The first-order valence-electron chi connectivity index (χ1n) is 15.3. The van der Waals surface area contributed by atoms with Crippen molar-refractivity contribution < 1.29 is 0 Å². The molecule has 0 radical (unpaired) electrons. The number of aromatic nitrogens is 4. The van der Waals surface area contributed by atoms with E-state index in [1.165, 1.54) is 71.1 Å². The highest BCUT2D eigenvalue weighted by molar-refractivity contribution is 5.80. The molecule has 2 aromatic heterocycles. The summed E-state index contributed by atoms with van der Waals surface area (Å²) in [6.45, 7) is 6.19. The SMILES string of the molecule is CC1=C[C@@H](c2ncc(-c3ccc(-c4ccc(-c5cnc([C@@H]6C=C(C)CN6)[nH]5)c5c4C4(CCCC4)CC5)cc3)[nH]2)NC1. The lowest BCUT2D eigenvalue weighted by atomic mass is 9.76. The number of imidazole rings is 2. The zero-order chi connectivity index (χ0) is 27.6. The third-order valence-electron chi connectivity index (χ3n) is 9.94. The van der Waals surface area contributed by atoms with E-state index in [9.17, 15) is 0 Å². The van der Waals surface area contributed by atoms with Crippen LogP contribution in [0.5, 0.6) is 0 Å². The summed E-state index contributed by atoms with van der Waals surface area (Å²) < 4.78 is 0. The third kappa shape index (κ3) is 4.23. The van der Waals surface area contributed by atoms with Crippen LogP contribution >= 0.6 is 0 Å². The maximum absolute atomic E-state index is 4.80. The smallest absolute Gasteiger partial charge is 0.127 e. The van der Waals surface area contributed by atoms with Crippen LogP contribution in [0.1, 0.15) is 80.8 Å². The standard InChI is InChI=1S/C35H38N6/c1-21-15-28(36-17-21)33-38-19-30(40-33)24-7-5-23(6-8-24)25-9-10-26(27-11-14-35(32(25)27)12-3-4-13-35)31-20-39-34(41-31)29-16-22(2)18-37-29/h5-10,15-16,19-20,28-29,36-37H,3-4,11-14,17-18H2,1-2H3,(H,38,40)(H,39,41)/t28-,29-/m0/s1. The van der Waals surface area contributed by atoms with E-state index in [1.807, 2.05) is 12.4 Å². The first kappa shape index (κ1) is 25.0. The van der Waals surface area contributed by atoms with Crippen molar-refractivity contribution in [1.29, 1.82) is 0 Å². The second kappa shape index (κ2) is 9.68. The lowest BCUT2D eigenvalue weighted by Crippen LogP contribution is -2.19. The van der Waals surface area contributed by atoms with Gasteiger partial charge >= 0.3 is 0 Å². The molecule has 8 rings (SSSR count). The number of aromatic amines is 2. The summed E-state index contributed by atoms with van der Waals surface area (Å²) in [6.07, 6.45) is 16.2. The van der Waals surface area contributed by atoms with Gasteiger partial charge in [-0.3, -0.25) is 0 Å². The van der Waals surface area contributed by atoms with E-state index in [-0.39, 0.29) is 12.1 Å². The Bertz CT molecular complexity index is 1680. The average molecular weight is 543 g/mol. The number of H-pyrrole nitrogens is 2. The summed E-state index contributed by atoms with van der Waals surface area (Å²) in [5, 5.41) is 7.05. The Balaban J connectivity index is 1.14. The molecule has 0 amide bonds. The van der Waals surface area contributed by atoms with Crippen molar-refractivity contribution in [2.45, 2.75) is 69.9 Å². The molecule has 6 nitrogen and oxygen atoms in total. The summed E-state index contributed by atoms with van der Waals surface area (Å²) in [6, 6.07) is 14.2. The van der Waals surface area contributed by atoms with Gasteiger partial charge in [0.2, 0.25) is 0 Å². The van der Waals surface area contributed by atoms with E-state index in [4.69, 9.17) is 4.98 Å². The number of hydrogen-bond donors (Lipinski definition) is 4. The molecule has 0 saturated heterocycles. The van der Waals surface area contributed by atoms with Crippen molar-refractivity contribution in [3.8, 4) is 33.6 Å². The van der Waals surface area contributed by atoms with Gasteiger partial charge < -0.3 is 20.6 Å². The Hall–Kier alpha value is -3.74. The second-order valence-corrected chi connectivity index (χ2v) is 12.7. The molecule has 0 bridgehead atoms. The molecule has 208 valence electrons. The second-order valence-electron chi connectivity index (χ2n) is 12.7. The monoisotopic (exact) mass is 542 g/mol. The molecular formula is C35H38N6. The van der Waals surface area contributed by atoms with Gasteiger partial charge in [0.15, 0.2) is 0 Å². The predicted octanol–water partition coefficient (Wildman–Crippen LogP) is 7.07. The number of rotatable bonds is 5. The van der Waals surface area contributed by atoms with Gasteiger partial charge in [0.1, 0.15) is 11.6 Å². The highest BCUT2D eigenvalue weighted by Gasteiger charge is 2.43. The molecule has 1 fully saturated rings. The Morgan fingerprint density at radius 3 is 1.90 bits per heavy atom. The summed E-state index contributed by atoms with van der Waals surface area (Å²) >= 11 is 0. The molecule has 4 aliphatic rings. The van der Waals surface area contributed by atoms with Gasteiger partial charge in [0.05, 0.1) is 35.9 Å². The summed E-state index contributed by atoms with van der Waals surface area (Å²) in [5.74, 6) is 1.99. The van der Waals surface area contributed by atoms with E-state index in [0.29, 0.717) is 5.41 Å². The molecule has 4 aromatic rings. The van der Waals surface area contributed by atoms with Gasteiger partial charge in [-0.05, 0) is 72.8 Å². The van der Waals surface area contributed by atoms with Gasteiger partial charge in [-0.15, -0.1) is 0 Å². The number of benzene rings is 2. The Kier molecular flexibility index (Phi) is 5.90. The number of nitrogens with zero attached hydrogens (tertiary/aromatic N) is 2. The lowest BCUT2D eigenvalue weighted by Gasteiger charge is -2.28. The van der Waals surface area contributed by atoms with Crippen LogP contribution in [0.3, 0.4) is 0 Å². The van der Waals surface area contributed by atoms with Crippen molar-refractivity contribution >= 4 is 0 Å². The molecule has 2 aromatic carbocycles. The number of hydrogen-bond acceptors (Lipinski definition) is 4. The third-order valence-corrected chi connectivity index (χ3v) is 9.94. The predicted molar refractivity (Wildman–Crippen MR) is 165 cm³/mol. The fourth-order valence-electron chi connectivity index (χ4n) is 7.85. The Morgan fingerprint density at radius 2 is 1.27 bits per heavy atom. The lowest BCUT2D eigenvalue weighted by molar-refractivity contribution is 0.440. The van der Waals surface area contributed by atoms with Crippen molar-refractivity contribution in [1.82, 2.24) is 30.6 Å². The first-order chi connectivity index (χ1) is 20.1. The van der Waals surface area contributed by atoms with Crippen molar-refractivity contribution in [3.63, 3.8) is 0 Å². The van der Waals surface area contributed by atoms with Crippen LogP contribution in [-0.2, 0) is 11.8 Å². The van der Waals surface area contributed by atoms with E-state index in [2.05, 4.69) is 88.0 Å². The molecule has 1 spiro atoms. The Morgan fingerprint density at radius 1 is 0.683 bits per heavy atom. The molecule has 6 heteroatoms. The maximum atomic E-state index is 4.80.